The lowest BCUT2D eigenvalue weighted by Crippen LogP contribution is -2.32. The molecule has 0 saturated heterocycles. The highest BCUT2D eigenvalue weighted by Crippen LogP contribution is 2.39. The average molecular weight is 449 g/mol. The first-order valence-corrected chi connectivity index (χ1v) is 9.06. The molecule has 3 rings (SSSR count). The third-order valence-corrected chi connectivity index (χ3v) is 4.59. The van der Waals surface area contributed by atoms with Crippen LogP contribution in [0.4, 0.5) is 17.6 Å². The molecule has 0 bridgehead atoms. The highest BCUT2D eigenvalue weighted by atomic mass is 19.4. The number of hydrogen-bond donors (Lipinski definition) is 2. The molecule has 2 N–H and O–H groups in total. The van der Waals surface area contributed by atoms with Gasteiger partial charge in [0, 0.05) is 18.0 Å². The lowest BCUT2D eigenvalue weighted by Gasteiger charge is -2.18. The van der Waals surface area contributed by atoms with Crippen LogP contribution in [0.5, 0.6) is 5.88 Å². The highest BCUT2D eigenvalue weighted by Gasteiger charge is 2.39. The Morgan fingerprint density at radius 3 is 2.69 bits per heavy atom. The van der Waals surface area contributed by atoms with E-state index in [0.717, 1.165) is 19.4 Å². The van der Waals surface area contributed by atoms with E-state index in [1.165, 1.54) is 19.2 Å². The van der Waals surface area contributed by atoms with E-state index >= 15 is 0 Å². The summed E-state index contributed by atoms with van der Waals surface area (Å²) in [5.74, 6) is -2.21. The number of ether oxygens (including phenoxy) is 1. The van der Waals surface area contributed by atoms with Gasteiger partial charge >= 0.3 is 6.18 Å². The van der Waals surface area contributed by atoms with Gasteiger partial charge in [-0.25, -0.2) is 9.37 Å². The predicted molar refractivity (Wildman–Crippen MR) is 103 cm³/mol. The monoisotopic (exact) mass is 449 g/mol. The van der Waals surface area contributed by atoms with Gasteiger partial charge in [0.15, 0.2) is 0 Å². The molecule has 0 aliphatic heterocycles. The van der Waals surface area contributed by atoms with Crippen molar-refractivity contribution in [3.63, 3.8) is 0 Å². The van der Waals surface area contributed by atoms with Crippen molar-refractivity contribution in [1.82, 2.24) is 20.3 Å². The van der Waals surface area contributed by atoms with Crippen molar-refractivity contribution in [2.45, 2.75) is 25.6 Å². The second-order valence-corrected chi connectivity index (χ2v) is 6.72. The molecule has 0 aliphatic carbocycles. The molecule has 0 spiro atoms. The van der Waals surface area contributed by atoms with Crippen LogP contribution in [0.25, 0.3) is 10.9 Å². The summed E-state index contributed by atoms with van der Waals surface area (Å²) in [6, 6.07) is 2.76. The molecule has 0 aliphatic rings. The molecular formula is C20H15F4N5O3. The Kier molecular flexibility index (Phi) is 6.11. The fraction of sp³-hybridized carbons (Fsp3) is 0.250. The third-order valence-electron chi connectivity index (χ3n) is 4.59. The van der Waals surface area contributed by atoms with Crippen LogP contribution in [-0.4, -0.2) is 28.0 Å². The SMILES string of the molecule is COc1nccc2[nH]c(=O)c(CC(=O)N[C@H](C)c3ncc(C#N)cc3F)c(C(F)(F)F)c12. The average Bonchev–Trinajstić information content (AvgIpc) is 2.72. The smallest absolute Gasteiger partial charge is 0.417 e. The normalized spacial score (nSPS) is 12.3. The second kappa shape index (κ2) is 8.62. The lowest BCUT2D eigenvalue weighted by molar-refractivity contribution is -0.137. The standard InChI is InChI=1S/C20H15F4N5O3/c1-9(17-12(21)5-10(7-25)8-27-17)28-14(30)6-11-16(20(22,23)24)15-13(29-18(11)31)3-4-26-19(15)32-2/h3-5,8-9H,6H2,1-2H3,(H,28,30)(H,29,31)/t9-/m1/s1. The van der Waals surface area contributed by atoms with Crippen LogP contribution in [0.15, 0.2) is 29.3 Å². The van der Waals surface area contributed by atoms with Crippen molar-refractivity contribution in [2.75, 3.05) is 7.11 Å². The molecule has 12 heteroatoms. The number of aromatic nitrogens is 3. The van der Waals surface area contributed by atoms with Crippen molar-refractivity contribution in [3.05, 3.63) is 63.1 Å². The van der Waals surface area contributed by atoms with Crippen LogP contribution in [0.1, 0.15) is 35.3 Å². The maximum Gasteiger partial charge on any atom is 0.417 e. The van der Waals surface area contributed by atoms with Crippen molar-refractivity contribution in [1.29, 1.82) is 5.26 Å². The maximum absolute atomic E-state index is 14.1. The minimum atomic E-state index is -5.00. The molecule has 8 nitrogen and oxygen atoms in total. The Labute approximate surface area is 177 Å². The summed E-state index contributed by atoms with van der Waals surface area (Å²) < 4.78 is 60.8. The number of amides is 1. The van der Waals surface area contributed by atoms with E-state index in [0.29, 0.717) is 0 Å². The van der Waals surface area contributed by atoms with Crippen molar-refractivity contribution < 1.29 is 27.1 Å². The second-order valence-electron chi connectivity index (χ2n) is 6.72. The lowest BCUT2D eigenvalue weighted by atomic mass is 10.0. The quantitative estimate of drug-likeness (QED) is 0.578. The van der Waals surface area contributed by atoms with Crippen LogP contribution >= 0.6 is 0 Å². The number of H-pyrrole nitrogens is 1. The minimum absolute atomic E-state index is 0.0372. The summed E-state index contributed by atoms with van der Waals surface area (Å²) in [5, 5.41) is 10.6. The van der Waals surface area contributed by atoms with Crippen LogP contribution in [0.3, 0.4) is 0 Å². The Morgan fingerprint density at radius 2 is 2.09 bits per heavy atom. The van der Waals surface area contributed by atoms with Gasteiger partial charge < -0.3 is 15.0 Å². The van der Waals surface area contributed by atoms with E-state index in [4.69, 9.17) is 10.00 Å². The Balaban J connectivity index is 2.00. The first-order chi connectivity index (χ1) is 15.1. The number of carbonyl (C=O) groups is 1. The van der Waals surface area contributed by atoms with Gasteiger partial charge in [0.05, 0.1) is 47.3 Å². The molecule has 0 fully saturated rings. The highest BCUT2D eigenvalue weighted by molar-refractivity contribution is 5.90. The molecule has 3 aromatic rings. The van der Waals surface area contributed by atoms with Gasteiger partial charge in [0.2, 0.25) is 11.8 Å². The number of alkyl halides is 3. The summed E-state index contributed by atoms with van der Waals surface area (Å²) in [5.41, 5.74) is -3.70. The molecule has 32 heavy (non-hydrogen) atoms. The van der Waals surface area contributed by atoms with Gasteiger partial charge in [0.25, 0.3) is 5.56 Å². The number of halogens is 4. The molecule has 0 unspecified atom stereocenters. The molecular weight excluding hydrogens is 434 g/mol. The van der Waals surface area contributed by atoms with Crippen LogP contribution < -0.4 is 15.6 Å². The molecule has 1 amide bonds. The van der Waals surface area contributed by atoms with Gasteiger partial charge in [0.1, 0.15) is 11.9 Å². The van der Waals surface area contributed by atoms with Crippen LogP contribution in [0.2, 0.25) is 0 Å². The Morgan fingerprint density at radius 1 is 1.38 bits per heavy atom. The maximum atomic E-state index is 14.1. The number of rotatable bonds is 5. The molecule has 1 atom stereocenters. The zero-order chi connectivity index (χ0) is 23.6. The number of fused-ring (bicyclic) bond motifs is 1. The topological polar surface area (TPSA) is 121 Å². The summed E-state index contributed by atoms with van der Waals surface area (Å²) in [6.45, 7) is 1.36. The number of carbonyl (C=O) groups excluding carboxylic acids is 1. The van der Waals surface area contributed by atoms with Crippen LogP contribution in [0, 0.1) is 17.1 Å². The van der Waals surface area contributed by atoms with E-state index in [1.807, 2.05) is 0 Å². The van der Waals surface area contributed by atoms with E-state index in [1.54, 1.807) is 6.07 Å². The van der Waals surface area contributed by atoms with Crippen molar-refractivity contribution >= 4 is 16.8 Å². The summed E-state index contributed by atoms with van der Waals surface area (Å²) >= 11 is 0. The van der Waals surface area contributed by atoms with Gasteiger partial charge in [-0.1, -0.05) is 0 Å². The zero-order valence-electron chi connectivity index (χ0n) is 16.7. The summed E-state index contributed by atoms with van der Waals surface area (Å²) in [4.78, 5) is 34.7. The number of methoxy groups -OCH3 is 1. The summed E-state index contributed by atoms with van der Waals surface area (Å²) in [6.07, 6.45) is -3.67. The first-order valence-electron chi connectivity index (χ1n) is 9.06. The number of aromatic amines is 1. The largest absolute Gasteiger partial charge is 0.480 e. The van der Waals surface area contributed by atoms with E-state index in [9.17, 15) is 27.2 Å². The fourth-order valence-electron chi connectivity index (χ4n) is 3.24. The predicted octanol–water partition coefficient (Wildman–Crippen LogP) is 2.78. The Hall–Kier alpha value is -4.01. The number of nitriles is 1. The number of nitrogens with one attached hydrogen (secondary N) is 2. The number of pyridine rings is 3. The van der Waals surface area contributed by atoms with E-state index in [2.05, 4.69) is 20.3 Å². The zero-order valence-corrected chi connectivity index (χ0v) is 16.7. The summed E-state index contributed by atoms with van der Waals surface area (Å²) in [7, 11) is 1.13. The fourth-order valence-corrected chi connectivity index (χ4v) is 3.24. The van der Waals surface area contributed by atoms with E-state index < -0.39 is 52.4 Å². The molecule has 166 valence electrons. The molecule has 0 radical (unpaired) electrons. The minimum Gasteiger partial charge on any atom is -0.480 e. The van der Waals surface area contributed by atoms with E-state index in [-0.39, 0.29) is 22.7 Å². The van der Waals surface area contributed by atoms with Crippen LogP contribution in [-0.2, 0) is 17.4 Å². The number of nitrogens with zero attached hydrogens (tertiary/aromatic N) is 3. The molecule has 3 aromatic heterocycles. The van der Waals surface area contributed by atoms with Gasteiger partial charge in [-0.2, -0.15) is 18.4 Å². The van der Waals surface area contributed by atoms with Gasteiger partial charge in [-0.05, 0) is 19.1 Å². The first kappa shape index (κ1) is 22.7. The Bertz CT molecular complexity index is 1300. The molecule has 3 heterocycles. The van der Waals surface area contributed by atoms with Crippen molar-refractivity contribution in [3.8, 4) is 11.9 Å². The molecule has 0 aromatic carbocycles. The molecule has 0 saturated carbocycles. The van der Waals surface area contributed by atoms with Crippen molar-refractivity contribution in [2.24, 2.45) is 0 Å². The number of hydrogen-bond acceptors (Lipinski definition) is 6. The third kappa shape index (κ3) is 4.36. The van der Waals surface area contributed by atoms with Gasteiger partial charge in [-0.15, -0.1) is 0 Å². The van der Waals surface area contributed by atoms with Gasteiger partial charge in [-0.3, -0.25) is 14.6 Å².